The quantitative estimate of drug-likeness (QED) is 0.288. The van der Waals surface area contributed by atoms with E-state index in [1.165, 1.54) is 12.1 Å². The number of hydrogen-bond donors (Lipinski definition) is 0. The molecule has 0 bridgehead atoms. The number of ketones is 1. The summed E-state index contributed by atoms with van der Waals surface area (Å²) in [6, 6.07) is 13.3. The number of alkyl halides is 3. The van der Waals surface area contributed by atoms with Crippen LogP contribution in [0.15, 0.2) is 71.7 Å². The fourth-order valence-corrected chi connectivity index (χ4v) is 4.15. The van der Waals surface area contributed by atoms with Crippen LogP contribution in [0, 0.1) is 6.92 Å². The Bertz CT molecular complexity index is 1570. The van der Waals surface area contributed by atoms with E-state index in [2.05, 4.69) is 4.98 Å². The molecule has 0 saturated carbocycles. The number of nitrogens with zero attached hydrogens (tertiary/aromatic N) is 2. The smallest absolute Gasteiger partial charge is 0.381 e. The molecule has 0 aliphatic carbocycles. The highest BCUT2D eigenvalue weighted by molar-refractivity contribution is 5.98. The molecule has 190 valence electrons. The SMILES string of the molecule is COC/C=C\c1cc2c(cn1)cc(-c1cc(CC(=O)c3cccc(C(F)(F)F)c3)ccc1C)c(=O)n2C. The lowest BCUT2D eigenvalue weighted by atomic mass is 9.94. The predicted molar refractivity (Wildman–Crippen MR) is 138 cm³/mol. The van der Waals surface area contributed by atoms with Crippen molar-refractivity contribution < 1.29 is 22.7 Å². The molecular formula is C29H25F3N2O3. The summed E-state index contributed by atoms with van der Waals surface area (Å²) in [5, 5.41) is 0.769. The van der Waals surface area contributed by atoms with Gasteiger partial charge < -0.3 is 9.30 Å². The Kier molecular flexibility index (Phi) is 7.40. The lowest BCUT2D eigenvalue weighted by Gasteiger charge is -2.13. The monoisotopic (exact) mass is 506 g/mol. The highest BCUT2D eigenvalue weighted by atomic mass is 19.4. The number of halogens is 3. The third-order valence-corrected chi connectivity index (χ3v) is 6.15. The lowest BCUT2D eigenvalue weighted by Crippen LogP contribution is -2.19. The van der Waals surface area contributed by atoms with Crippen LogP contribution in [0.25, 0.3) is 28.1 Å². The number of aryl methyl sites for hydroxylation is 2. The van der Waals surface area contributed by atoms with Crippen LogP contribution in [-0.4, -0.2) is 29.1 Å². The van der Waals surface area contributed by atoms with Crippen molar-refractivity contribution in [3.8, 4) is 11.1 Å². The number of benzene rings is 2. The molecule has 8 heteroatoms. The first-order valence-electron chi connectivity index (χ1n) is 11.5. The molecule has 0 radical (unpaired) electrons. The van der Waals surface area contributed by atoms with Gasteiger partial charge in [-0.1, -0.05) is 36.4 Å². The minimum absolute atomic E-state index is 0.0139. The van der Waals surface area contributed by atoms with Crippen molar-refractivity contribution in [2.24, 2.45) is 7.05 Å². The largest absolute Gasteiger partial charge is 0.416 e. The van der Waals surface area contributed by atoms with Crippen LogP contribution >= 0.6 is 0 Å². The second-order valence-electron chi connectivity index (χ2n) is 8.78. The maximum atomic E-state index is 13.3. The summed E-state index contributed by atoms with van der Waals surface area (Å²) in [5.74, 6) is -0.439. The van der Waals surface area contributed by atoms with Crippen molar-refractivity contribution in [1.82, 2.24) is 9.55 Å². The number of methoxy groups -OCH3 is 1. The number of ether oxygens (including phenoxy) is 1. The van der Waals surface area contributed by atoms with Crippen molar-refractivity contribution >= 4 is 22.8 Å². The Morgan fingerprint density at radius 3 is 2.59 bits per heavy atom. The number of fused-ring (bicyclic) bond motifs is 1. The number of aromatic nitrogens is 2. The molecule has 0 amide bonds. The zero-order valence-electron chi connectivity index (χ0n) is 20.6. The normalized spacial score (nSPS) is 11.9. The van der Waals surface area contributed by atoms with Gasteiger partial charge in [0.1, 0.15) is 0 Å². The van der Waals surface area contributed by atoms with Gasteiger partial charge in [-0.05, 0) is 54.0 Å². The molecule has 2 heterocycles. The summed E-state index contributed by atoms with van der Waals surface area (Å²) in [5.41, 5.74) is 2.85. The Morgan fingerprint density at radius 2 is 1.86 bits per heavy atom. The molecule has 5 nitrogen and oxygen atoms in total. The van der Waals surface area contributed by atoms with Crippen LogP contribution in [0.1, 0.15) is 32.7 Å². The van der Waals surface area contributed by atoms with Crippen LogP contribution in [0.4, 0.5) is 13.2 Å². The molecule has 37 heavy (non-hydrogen) atoms. The number of rotatable bonds is 7. The highest BCUT2D eigenvalue weighted by Crippen LogP contribution is 2.30. The Hall–Kier alpha value is -4.04. The van der Waals surface area contributed by atoms with Gasteiger partial charge in [0.15, 0.2) is 5.78 Å². The van der Waals surface area contributed by atoms with Crippen LogP contribution in [0.5, 0.6) is 0 Å². The van der Waals surface area contributed by atoms with Gasteiger partial charge in [0.05, 0.1) is 23.4 Å². The topological polar surface area (TPSA) is 61.2 Å². The van der Waals surface area contributed by atoms with E-state index in [9.17, 15) is 22.8 Å². The molecular weight excluding hydrogens is 481 g/mol. The van der Waals surface area contributed by atoms with Gasteiger partial charge in [-0.2, -0.15) is 13.2 Å². The standard InChI is InChI=1S/C29H25F3N2O3/c1-18-9-10-19(13-27(35)20-6-4-7-22(14-20)29(30,31)32)12-24(18)25-15-21-17-33-23(8-5-11-37-3)16-26(21)34(2)28(25)36/h4-10,12,14-17H,11,13H2,1-3H3/b8-5-. The van der Waals surface area contributed by atoms with Crippen molar-refractivity contribution in [1.29, 1.82) is 0 Å². The number of hydrogen-bond acceptors (Lipinski definition) is 4. The van der Waals surface area contributed by atoms with E-state index in [-0.39, 0.29) is 17.5 Å². The number of Topliss-reactive ketones (excluding diaryl/α,β-unsaturated/α-hetero) is 1. The Balaban J connectivity index is 1.69. The molecule has 4 aromatic rings. The van der Waals surface area contributed by atoms with Crippen LogP contribution in [0.3, 0.4) is 0 Å². The van der Waals surface area contributed by atoms with Gasteiger partial charge in [0.25, 0.3) is 5.56 Å². The minimum Gasteiger partial charge on any atom is -0.381 e. The molecule has 0 saturated heterocycles. The molecule has 0 atom stereocenters. The lowest BCUT2D eigenvalue weighted by molar-refractivity contribution is -0.137. The summed E-state index contributed by atoms with van der Waals surface area (Å²) in [7, 11) is 3.29. The van der Waals surface area contributed by atoms with Crippen molar-refractivity contribution in [2.75, 3.05) is 13.7 Å². The average molecular weight is 507 g/mol. The third-order valence-electron chi connectivity index (χ3n) is 6.15. The average Bonchev–Trinajstić information content (AvgIpc) is 2.87. The first kappa shape index (κ1) is 26.0. The zero-order chi connectivity index (χ0) is 26.7. The van der Waals surface area contributed by atoms with Gasteiger partial charge in [-0.25, -0.2) is 0 Å². The predicted octanol–water partition coefficient (Wildman–Crippen LogP) is 6.01. The van der Waals surface area contributed by atoms with Crippen LogP contribution in [0.2, 0.25) is 0 Å². The number of pyridine rings is 2. The van der Waals surface area contributed by atoms with Crippen LogP contribution in [-0.2, 0) is 24.4 Å². The Labute approximate surface area is 211 Å². The summed E-state index contributed by atoms with van der Waals surface area (Å²) in [6.07, 6.45) is 0.716. The molecule has 0 spiro atoms. The van der Waals surface area contributed by atoms with Crippen molar-refractivity contribution in [3.63, 3.8) is 0 Å². The fourth-order valence-electron chi connectivity index (χ4n) is 4.15. The summed E-state index contributed by atoms with van der Waals surface area (Å²) < 4.78 is 45.7. The first-order chi connectivity index (χ1) is 17.6. The van der Waals surface area contributed by atoms with Gasteiger partial charge >= 0.3 is 6.18 Å². The van der Waals surface area contributed by atoms with Crippen LogP contribution < -0.4 is 5.56 Å². The maximum absolute atomic E-state index is 13.3. The first-order valence-corrected chi connectivity index (χ1v) is 11.5. The van der Waals surface area contributed by atoms with E-state index >= 15 is 0 Å². The summed E-state index contributed by atoms with van der Waals surface area (Å²) in [4.78, 5) is 30.6. The zero-order valence-corrected chi connectivity index (χ0v) is 20.6. The molecule has 4 rings (SSSR count). The van der Waals surface area contributed by atoms with E-state index in [4.69, 9.17) is 4.74 Å². The molecule has 2 aromatic carbocycles. The van der Waals surface area contributed by atoms with Gasteiger partial charge in [-0.3, -0.25) is 14.6 Å². The number of carbonyl (C=O) groups excluding carboxylic acids is 1. The van der Waals surface area contributed by atoms with E-state index < -0.39 is 17.5 Å². The van der Waals surface area contributed by atoms with E-state index in [1.807, 2.05) is 25.1 Å². The summed E-state index contributed by atoms with van der Waals surface area (Å²) >= 11 is 0. The van der Waals surface area contributed by atoms with Crippen molar-refractivity contribution in [3.05, 3.63) is 105 Å². The second kappa shape index (κ2) is 10.5. The number of carbonyl (C=O) groups is 1. The minimum atomic E-state index is -4.53. The molecule has 0 unspecified atom stereocenters. The van der Waals surface area contributed by atoms with Gasteiger partial charge in [0, 0.05) is 43.3 Å². The van der Waals surface area contributed by atoms with E-state index in [0.29, 0.717) is 34.5 Å². The molecule has 0 aliphatic heterocycles. The molecule has 0 N–H and O–H groups in total. The highest BCUT2D eigenvalue weighted by Gasteiger charge is 2.30. The van der Waals surface area contributed by atoms with Gasteiger partial charge in [0.2, 0.25) is 0 Å². The maximum Gasteiger partial charge on any atom is 0.416 e. The van der Waals surface area contributed by atoms with Crippen molar-refractivity contribution in [2.45, 2.75) is 19.5 Å². The Morgan fingerprint density at radius 1 is 1.08 bits per heavy atom. The second-order valence-corrected chi connectivity index (χ2v) is 8.78. The fraction of sp³-hybridized carbons (Fsp3) is 0.207. The van der Waals surface area contributed by atoms with Gasteiger partial charge in [-0.15, -0.1) is 0 Å². The summed E-state index contributed by atoms with van der Waals surface area (Å²) in [6.45, 7) is 2.31. The molecule has 0 fully saturated rings. The molecule has 2 aromatic heterocycles. The van der Waals surface area contributed by atoms with E-state index in [1.54, 1.807) is 49.2 Å². The third kappa shape index (κ3) is 5.70. The molecule has 0 aliphatic rings. The van der Waals surface area contributed by atoms with E-state index in [0.717, 1.165) is 23.1 Å².